The second kappa shape index (κ2) is 12.4. The van der Waals surface area contributed by atoms with Gasteiger partial charge in [-0.15, -0.1) is 0 Å². The molecule has 38 heavy (non-hydrogen) atoms. The number of carbonyl (C=O) groups excluding carboxylic acids is 1. The lowest BCUT2D eigenvalue weighted by Crippen LogP contribution is -2.17. The van der Waals surface area contributed by atoms with E-state index >= 15 is 0 Å². The fraction of sp³-hybridized carbons (Fsp3) is 0.154. The van der Waals surface area contributed by atoms with E-state index in [-0.39, 0.29) is 23.7 Å². The summed E-state index contributed by atoms with van der Waals surface area (Å²) in [5.41, 5.74) is 1.09. The Kier molecular flexibility index (Phi) is 9.04. The molecule has 0 heterocycles. The molecular weight excluding hydrogens is 507 g/mol. The molecule has 0 aromatic heterocycles. The van der Waals surface area contributed by atoms with Gasteiger partial charge < -0.3 is 14.2 Å². The van der Waals surface area contributed by atoms with Crippen molar-refractivity contribution in [3.05, 3.63) is 100 Å². The van der Waals surface area contributed by atoms with Crippen LogP contribution in [0.3, 0.4) is 0 Å². The Labute approximate surface area is 215 Å². The van der Waals surface area contributed by atoms with Gasteiger partial charge >= 0.3 is 11.9 Å². The summed E-state index contributed by atoms with van der Waals surface area (Å²) in [5, 5.41) is 15.2. The van der Waals surface area contributed by atoms with E-state index < -0.39 is 28.3 Å². The Bertz CT molecular complexity index is 1360. The predicted molar refractivity (Wildman–Crippen MR) is 133 cm³/mol. The minimum absolute atomic E-state index is 0.111. The van der Waals surface area contributed by atoms with E-state index in [0.29, 0.717) is 35.8 Å². The van der Waals surface area contributed by atoms with Crippen molar-refractivity contribution in [2.75, 3.05) is 13.2 Å². The second-order valence-electron chi connectivity index (χ2n) is 7.51. The standard InChI is InChI=1S/C26H22F3N3O6/c1-3-12-37-23-10-8-18(14-24(23)36-4-2)25(33)31-30-16-17-6-5-7-20(13-17)38-22-11-9-19(26(27,28)29)15-21(22)32(34)35/h3,5-11,13-16H,1,4,12H2,2H3,(H,31,33)/b30-16+. The highest BCUT2D eigenvalue weighted by molar-refractivity contribution is 5.95. The van der Waals surface area contributed by atoms with Crippen molar-refractivity contribution in [3.63, 3.8) is 0 Å². The van der Waals surface area contributed by atoms with E-state index in [1.165, 1.54) is 30.5 Å². The van der Waals surface area contributed by atoms with Crippen LogP contribution in [0, 0.1) is 10.1 Å². The number of rotatable bonds is 11. The maximum Gasteiger partial charge on any atom is 0.416 e. The summed E-state index contributed by atoms with van der Waals surface area (Å²) in [5.74, 6) is 0.0611. The molecule has 1 amide bonds. The first-order valence-electron chi connectivity index (χ1n) is 11.1. The molecular formula is C26H22F3N3O6. The van der Waals surface area contributed by atoms with E-state index in [1.54, 1.807) is 31.2 Å². The summed E-state index contributed by atoms with van der Waals surface area (Å²) in [4.78, 5) is 22.8. The number of hydrogen-bond acceptors (Lipinski definition) is 7. The molecule has 3 aromatic carbocycles. The molecule has 0 aliphatic rings. The van der Waals surface area contributed by atoms with E-state index in [4.69, 9.17) is 14.2 Å². The van der Waals surface area contributed by atoms with Gasteiger partial charge in [-0.2, -0.15) is 18.3 Å². The molecule has 3 rings (SSSR count). The number of amides is 1. The number of halogens is 3. The average Bonchev–Trinajstić information content (AvgIpc) is 2.87. The van der Waals surface area contributed by atoms with Gasteiger partial charge in [-0.05, 0) is 55.0 Å². The van der Waals surface area contributed by atoms with Crippen molar-refractivity contribution in [2.45, 2.75) is 13.1 Å². The van der Waals surface area contributed by atoms with Crippen molar-refractivity contribution < 1.29 is 37.1 Å². The molecule has 0 fully saturated rings. The maximum atomic E-state index is 12.9. The van der Waals surface area contributed by atoms with Crippen molar-refractivity contribution in [1.82, 2.24) is 5.43 Å². The van der Waals surface area contributed by atoms with Crippen LogP contribution < -0.4 is 19.6 Å². The number of hydrazone groups is 1. The molecule has 1 N–H and O–H groups in total. The lowest BCUT2D eigenvalue weighted by Gasteiger charge is -2.12. The summed E-state index contributed by atoms with van der Waals surface area (Å²) in [7, 11) is 0. The van der Waals surface area contributed by atoms with Gasteiger partial charge in [0.1, 0.15) is 12.4 Å². The number of nitro benzene ring substituents is 1. The molecule has 0 saturated heterocycles. The average molecular weight is 529 g/mol. The summed E-state index contributed by atoms with van der Waals surface area (Å²) in [6.45, 7) is 6.01. The number of hydrogen-bond donors (Lipinski definition) is 1. The third kappa shape index (κ3) is 7.32. The highest BCUT2D eigenvalue weighted by atomic mass is 19.4. The number of ether oxygens (including phenoxy) is 3. The predicted octanol–water partition coefficient (Wildman–Crippen LogP) is 6.13. The smallest absolute Gasteiger partial charge is 0.416 e. The van der Waals surface area contributed by atoms with Gasteiger partial charge in [0.15, 0.2) is 11.5 Å². The normalized spacial score (nSPS) is 11.2. The molecule has 0 atom stereocenters. The number of benzene rings is 3. The monoisotopic (exact) mass is 529 g/mol. The van der Waals surface area contributed by atoms with Crippen LogP contribution in [0.1, 0.15) is 28.4 Å². The van der Waals surface area contributed by atoms with Crippen LogP contribution in [-0.2, 0) is 6.18 Å². The molecule has 0 aliphatic heterocycles. The zero-order chi connectivity index (χ0) is 27.7. The summed E-state index contributed by atoms with van der Waals surface area (Å²) < 4.78 is 55.2. The van der Waals surface area contributed by atoms with Crippen LogP contribution in [0.4, 0.5) is 18.9 Å². The van der Waals surface area contributed by atoms with Crippen LogP contribution in [0.2, 0.25) is 0 Å². The molecule has 12 heteroatoms. The van der Waals surface area contributed by atoms with Crippen molar-refractivity contribution in [1.29, 1.82) is 0 Å². The van der Waals surface area contributed by atoms with Gasteiger partial charge in [0, 0.05) is 11.6 Å². The first-order chi connectivity index (χ1) is 18.1. The first kappa shape index (κ1) is 27.7. The largest absolute Gasteiger partial charge is 0.490 e. The SMILES string of the molecule is C=CCOc1ccc(C(=O)N/N=C/c2cccc(Oc3ccc(C(F)(F)F)cc3[N+](=O)[O-])c2)cc1OCC. The molecule has 0 bridgehead atoms. The molecule has 0 saturated carbocycles. The van der Waals surface area contributed by atoms with Gasteiger partial charge in [0.25, 0.3) is 5.91 Å². The third-order valence-corrected chi connectivity index (χ3v) is 4.81. The van der Waals surface area contributed by atoms with Crippen molar-refractivity contribution in [2.24, 2.45) is 5.10 Å². The third-order valence-electron chi connectivity index (χ3n) is 4.81. The topological polar surface area (TPSA) is 112 Å². The number of nitrogens with zero attached hydrogens (tertiary/aromatic N) is 2. The fourth-order valence-electron chi connectivity index (χ4n) is 3.12. The molecule has 0 radical (unpaired) electrons. The molecule has 3 aromatic rings. The van der Waals surface area contributed by atoms with Gasteiger partial charge in [-0.25, -0.2) is 5.43 Å². The van der Waals surface area contributed by atoms with Gasteiger partial charge in [0.05, 0.1) is 23.3 Å². The van der Waals surface area contributed by atoms with Gasteiger partial charge in [-0.3, -0.25) is 14.9 Å². The fourth-order valence-corrected chi connectivity index (χ4v) is 3.12. The van der Waals surface area contributed by atoms with Gasteiger partial charge in [0.2, 0.25) is 5.75 Å². The highest BCUT2D eigenvalue weighted by Crippen LogP contribution is 2.38. The lowest BCUT2D eigenvalue weighted by atomic mass is 10.2. The van der Waals surface area contributed by atoms with Crippen molar-refractivity contribution in [3.8, 4) is 23.0 Å². The second-order valence-corrected chi connectivity index (χ2v) is 7.51. The molecule has 198 valence electrons. The summed E-state index contributed by atoms with van der Waals surface area (Å²) in [6, 6.07) is 12.7. The number of nitro groups is 1. The number of nitrogens with one attached hydrogen (secondary N) is 1. The molecule has 0 spiro atoms. The number of carbonyl (C=O) groups is 1. The van der Waals surface area contributed by atoms with Crippen molar-refractivity contribution >= 4 is 17.8 Å². The Hall–Kier alpha value is -4.87. The lowest BCUT2D eigenvalue weighted by molar-refractivity contribution is -0.385. The number of alkyl halides is 3. The Morgan fingerprint density at radius 1 is 1.08 bits per heavy atom. The van der Waals surface area contributed by atoms with E-state index in [0.717, 1.165) is 6.07 Å². The first-order valence-corrected chi connectivity index (χ1v) is 11.1. The minimum Gasteiger partial charge on any atom is -0.490 e. The van der Waals surface area contributed by atoms with E-state index in [1.807, 2.05) is 0 Å². The van der Waals surface area contributed by atoms with Crippen LogP contribution in [0.25, 0.3) is 0 Å². The van der Waals surface area contributed by atoms with Crippen LogP contribution in [0.15, 0.2) is 78.4 Å². The molecule has 9 nitrogen and oxygen atoms in total. The van der Waals surface area contributed by atoms with Crippen LogP contribution in [-0.4, -0.2) is 30.3 Å². The zero-order valence-corrected chi connectivity index (χ0v) is 20.0. The Morgan fingerprint density at radius 2 is 1.84 bits per heavy atom. The zero-order valence-electron chi connectivity index (χ0n) is 20.0. The Morgan fingerprint density at radius 3 is 2.53 bits per heavy atom. The molecule has 0 unspecified atom stereocenters. The van der Waals surface area contributed by atoms with Gasteiger partial charge in [-0.1, -0.05) is 24.8 Å². The van der Waals surface area contributed by atoms with Crippen LogP contribution in [0.5, 0.6) is 23.0 Å². The Balaban J connectivity index is 1.72. The highest BCUT2D eigenvalue weighted by Gasteiger charge is 2.33. The summed E-state index contributed by atoms with van der Waals surface area (Å²) >= 11 is 0. The van der Waals surface area contributed by atoms with E-state index in [9.17, 15) is 28.1 Å². The van der Waals surface area contributed by atoms with Crippen LogP contribution >= 0.6 is 0 Å². The summed E-state index contributed by atoms with van der Waals surface area (Å²) in [6.07, 6.45) is -1.86. The molecule has 0 aliphatic carbocycles. The quantitative estimate of drug-likeness (QED) is 0.138. The maximum absolute atomic E-state index is 12.9. The van der Waals surface area contributed by atoms with E-state index in [2.05, 4.69) is 17.1 Å². The minimum atomic E-state index is -4.74.